The normalized spacial score (nSPS) is 13.1. The molecule has 8 rings (SSSR count). The predicted molar refractivity (Wildman–Crippen MR) is 283 cm³/mol. The third-order valence-corrected chi connectivity index (χ3v) is 16.6. The standard InChI is InChI=1S/C42H28N12O25S6/c43-35-29(16-31(82(67,68)69)23-8-10-26(39(57)34(23)35)46-45-25-9-4-20(54(59)60)14-32(25)83(70,71)72)49-47-27-11-7-22-24(40(27)85(76,77)78)15-33(84(73,74)75)36(38(22)56)50-44-18-1-12-30(81(64,65)66)28(13-18)48-51-37-41(79-17-55)52-53(42(37)58)19-2-5-21(6-3-19)80(61,62)63/h1-17,56-58H,43H2,(H,61,62,63)(H,64,65,66)(H,67,68,69)(H,70,71,72)(H,73,74,75)(H,76,77,78)/b46-45?,49-47?,50-44?,51-48+. The summed E-state index contributed by atoms with van der Waals surface area (Å²) in [7, 11) is -31.8. The number of carbonyl (C=O) groups is 1. The second kappa shape index (κ2) is 22.1. The van der Waals surface area contributed by atoms with E-state index in [1.807, 2.05) is 0 Å². The zero-order valence-electron chi connectivity index (χ0n) is 40.8. The Morgan fingerprint density at radius 3 is 1.65 bits per heavy atom. The van der Waals surface area contributed by atoms with Crippen molar-refractivity contribution in [2.45, 2.75) is 29.4 Å². The highest BCUT2D eigenvalue weighted by atomic mass is 32.2. The summed E-state index contributed by atoms with van der Waals surface area (Å²) >= 11 is 0. The average Bonchev–Trinajstić information content (AvgIpc) is 1.74. The number of phenolic OH excluding ortho intramolecular Hbond substituents is 2. The molecule has 0 saturated carbocycles. The molecule has 7 aromatic carbocycles. The fourth-order valence-corrected chi connectivity index (χ4v) is 11.5. The van der Waals surface area contributed by atoms with Crippen LogP contribution < -0.4 is 10.5 Å². The van der Waals surface area contributed by atoms with E-state index >= 15 is 0 Å². The number of nitrogens with zero attached hydrogens (tertiary/aromatic N) is 11. The Morgan fingerprint density at radius 1 is 0.506 bits per heavy atom. The molecule has 0 aliphatic heterocycles. The molecule has 0 atom stereocenters. The number of ether oxygens (including phenoxy) is 1. The largest absolute Gasteiger partial charge is 0.505 e. The van der Waals surface area contributed by atoms with Gasteiger partial charge in [-0.3, -0.25) is 42.2 Å². The maximum atomic E-state index is 13.1. The summed E-state index contributed by atoms with van der Waals surface area (Å²) in [5.74, 6) is -4.17. The van der Waals surface area contributed by atoms with Crippen LogP contribution >= 0.6 is 0 Å². The number of nitro benzene ring substituents is 1. The first-order valence-electron chi connectivity index (χ1n) is 21.8. The van der Waals surface area contributed by atoms with Gasteiger partial charge in [0.15, 0.2) is 11.5 Å². The Morgan fingerprint density at radius 2 is 1.06 bits per heavy atom. The van der Waals surface area contributed by atoms with E-state index in [1.54, 1.807) is 0 Å². The summed E-state index contributed by atoms with van der Waals surface area (Å²) in [6.07, 6.45) is 0. The van der Waals surface area contributed by atoms with Crippen molar-refractivity contribution in [3.8, 4) is 28.9 Å². The van der Waals surface area contributed by atoms with Crippen molar-refractivity contribution in [2.75, 3.05) is 5.73 Å². The molecule has 11 N–H and O–H groups in total. The molecule has 0 saturated heterocycles. The Kier molecular flexibility index (Phi) is 15.9. The number of azo groups is 4. The molecule has 1 heterocycles. The maximum absolute atomic E-state index is 13.1. The first-order valence-corrected chi connectivity index (χ1v) is 30.4. The number of anilines is 1. The monoisotopic (exact) mass is 1290 g/mol. The van der Waals surface area contributed by atoms with E-state index < -0.39 is 197 Å². The molecule has 0 spiro atoms. The van der Waals surface area contributed by atoms with Gasteiger partial charge in [-0.05, 0) is 78.9 Å². The van der Waals surface area contributed by atoms with Crippen LogP contribution in [0.4, 0.5) is 56.9 Å². The number of nitrogen functional groups attached to an aromatic ring is 1. The fraction of sp³-hybridized carbons (Fsp3) is 0. The molecule has 8 aromatic rings. The Hall–Kier alpha value is -9.80. The van der Waals surface area contributed by atoms with Gasteiger partial charge in [0.05, 0.1) is 32.3 Å². The maximum Gasteiger partial charge on any atom is 0.299 e. The van der Waals surface area contributed by atoms with Crippen molar-refractivity contribution in [2.24, 2.45) is 40.9 Å². The SMILES string of the molecule is Nc1c(N=Nc2ccc3c(O)c(N=Nc4ccc(S(=O)(=O)O)c(/N=N/c5c(OC=O)nn(-c6ccc(S(=O)(=O)O)cc6)c5O)c4)c(S(=O)(=O)O)cc3c2S(=O)(=O)O)cc(S(=O)(=O)O)c2ccc(N=Nc3ccc([N+](=O)[O-])cc3S(=O)(=O)O)c(O)c12. The van der Waals surface area contributed by atoms with Gasteiger partial charge in [-0.15, -0.1) is 40.9 Å². The topological polar surface area (TPSA) is 599 Å². The molecule has 0 bridgehead atoms. The van der Waals surface area contributed by atoms with Crippen molar-refractivity contribution in [1.29, 1.82) is 0 Å². The number of hydrogen-bond donors (Lipinski definition) is 10. The van der Waals surface area contributed by atoms with Crippen LogP contribution in [0.1, 0.15) is 0 Å². The van der Waals surface area contributed by atoms with Gasteiger partial charge in [0.2, 0.25) is 11.6 Å². The first-order chi connectivity index (χ1) is 39.4. The molecule has 0 aliphatic rings. The summed E-state index contributed by atoms with van der Waals surface area (Å²) in [6, 6.07) is 12.1. The lowest BCUT2D eigenvalue weighted by Gasteiger charge is -2.13. The second-order valence-corrected chi connectivity index (χ2v) is 24.9. The zero-order chi connectivity index (χ0) is 62.7. The molecule has 0 aliphatic carbocycles. The molecule has 0 unspecified atom stereocenters. The average molecular weight is 1290 g/mol. The van der Waals surface area contributed by atoms with E-state index in [-0.39, 0.29) is 12.2 Å². The molecular formula is C42H28N12O25S6. The van der Waals surface area contributed by atoms with Crippen LogP contribution in [-0.4, -0.2) is 114 Å². The summed E-state index contributed by atoms with van der Waals surface area (Å²) in [4.78, 5) is 14.9. The highest BCUT2D eigenvalue weighted by molar-refractivity contribution is 7.87. The first kappa shape index (κ1) is 61.3. The van der Waals surface area contributed by atoms with E-state index in [0.29, 0.717) is 41.1 Å². The predicted octanol–water partition coefficient (Wildman–Crippen LogP) is 7.46. The third kappa shape index (κ3) is 12.6. The molecule has 0 amide bonds. The van der Waals surface area contributed by atoms with E-state index in [0.717, 1.165) is 60.7 Å². The van der Waals surface area contributed by atoms with Crippen molar-refractivity contribution >= 4 is 146 Å². The lowest BCUT2D eigenvalue weighted by molar-refractivity contribution is -0.385. The number of nitro groups is 1. The van der Waals surface area contributed by atoms with Crippen LogP contribution in [0.5, 0.6) is 23.3 Å². The van der Waals surface area contributed by atoms with Gasteiger partial charge in [0.25, 0.3) is 78.7 Å². The van der Waals surface area contributed by atoms with E-state index in [2.05, 4.69) is 46.0 Å². The van der Waals surface area contributed by atoms with Crippen LogP contribution in [0.15, 0.2) is 167 Å². The van der Waals surface area contributed by atoms with Gasteiger partial charge >= 0.3 is 0 Å². The molecular weight excluding hydrogens is 1260 g/mol. The number of fused-ring (bicyclic) bond motifs is 2. The molecule has 0 fully saturated rings. The van der Waals surface area contributed by atoms with Crippen molar-refractivity contribution in [3.05, 3.63) is 107 Å². The number of nitrogens with two attached hydrogens (primary N) is 1. The number of rotatable bonds is 18. The van der Waals surface area contributed by atoms with Gasteiger partial charge in [-0.25, -0.2) is 0 Å². The summed E-state index contributed by atoms with van der Waals surface area (Å²) in [5.41, 5.74) is -1.93. The van der Waals surface area contributed by atoms with Gasteiger partial charge in [-0.1, -0.05) is 6.07 Å². The minimum atomic E-state index is -5.70. The molecule has 37 nitrogen and oxygen atoms in total. The number of benzene rings is 7. The fourth-order valence-electron chi connectivity index (χ4n) is 7.60. The highest BCUT2D eigenvalue weighted by Crippen LogP contribution is 2.49. The molecule has 0 radical (unpaired) electrons. The number of hydrogen-bond acceptors (Lipinski definition) is 29. The minimum absolute atomic E-state index is 0.134. The van der Waals surface area contributed by atoms with Gasteiger partial charge in [0.1, 0.15) is 58.6 Å². The second-order valence-electron chi connectivity index (χ2n) is 16.6. The molecule has 1 aromatic heterocycles. The summed E-state index contributed by atoms with van der Waals surface area (Å²) < 4.78 is 215. The van der Waals surface area contributed by atoms with Crippen molar-refractivity contribution in [3.63, 3.8) is 0 Å². The van der Waals surface area contributed by atoms with E-state index in [4.69, 9.17) is 10.5 Å². The van der Waals surface area contributed by atoms with Gasteiger partial charge in [-0.2, -0.15) is 60.3 Å². The summed E-state index contributed by atoms with van der Waals surface area (Å²) in [6.45, 7) is -0.180. The lowest BCUT2D eigenvalue weighted by Crippen LogP contribution is -2.03. The minimum Gasteiger partial charge on any atom is -0.505 e. The smallest absolute Gasteiger partial charge is 0.299 e. The molecule has 442 valence electrons. The lowest BCUT2D eigenvalue weighted by atomic mass is 10.1. The third-order valence-electron chi connectivity index (χ3n) is 11.3. The van der Waals surface area contributed by atoms with Crippen LogP contribution in [0.3, 0.4) is 0 Å². The Bertz CT molecular complexity index is 5080. The van der Waals surface area contributed by atoms with Crippen molar-refractivity contribution in [1.82, 2.24) is 9.78 Å². The van der Waals surface area contributed by atoms with Gasteiger partial charge < -0.3 is 25.8 Å². The number of aromatic hydroxyl groups is 3. The quantitative estimate of drug-likeness (QED) is 0.00994. The molecule has 85 heavy (non-hydrogen) atoms. The number of non-ortho nitro benzene ring substituents is 1. The number of carbonyl (C=O) groups excluding carboxylic acids is 1. The van der Waals surface area contributed by atoms with Crippen LogP contribution in [0.25, 0.3) is 27.2 Å². The van der Waals surface area contributed by atoms with E-state index in [9.17, 15) is 108 Å². The Balaban J connectivity index is 1.21. The summed E-state index contributed by atoms with van der Waals surface area (Å²) in [5, 5.41) is 75.2. The Labute approximate surface area is 472 Å². The van der Waals surface area contributed by atoms with Crippen LogP contribution in [0, 0.1) is 10.1 Å². The van der Waals surface area contributed by atoms with Crippen LogP contribution in [-0.2, 0) is 65.5 Å². The zero-order valence-corrected chi connectivity index (χ0v) is 45.7. The van der Waals surface area contributed by atoms with Gasteiger partial charge in [0, 0.05) is 28.3 Å². The highest BCUT2D eigenvalue weighted by Gasteiger charge is 2.30. The van der Waals surface area contributed by atoms with Crippen molar-refractivity contribution < 1.29 is 108 Å². The van der Waals surface area contributed by atoms with E-state index in [1.165, 1.54) is 0 Å². The number of aromatic nitrogens is 2. The number of phenols is 2. The molecule has 43 heteroatoms. The van der Waals surface area contributed by atoms with Crippen LogP contribution in [0.2, 0.25) is 0 Å².